The number of hydrogen-bond donors (Lipinski definition) is 0. The van der Waals surface area contributed by atoms with Crippen molar-refractivity contribution in [2.45, 2.75) is 37.0 Å². The highest BCUT2D eigenvalue weighted by Crippen LogP contribution is 2.65. The minimum atomic E-state index is 0.769. The quantitative estimate of drug-likeness (QED) is 0.495. The van der Waals surface area contributed by atoms with Crippen molar-refractivity contribution < 1.29 is 0 Å². The lowest BCUT2D eigenvalue weighted by Crippen LogP contribution is -2.37. The van der Waals surface area contributed by atoms with Gasteiger partial charge in [0.25, 0.3) is 0 Å². The molecule has 2 bridgehead atoms. The summed E-state index contributed by atoms with van der Waals surface area (Å²) >= 11 is 2.65. The molecule has 0 nitrogen and oxygen atoms in total. The fourth-order valence-corrected chi connectivity index (χ4v) is 4.96. The van der Waals surface area contributed by atoms with Gasteiger partial charge in [-0.25, -0.2) is 0 Å². The van der Waals surface area contributed by atoms with Crippen molar-refractivity contribution in [1.82, 2.24) is 0 Å². The molecule has 0 radical (unpaired) electrons. The Hall–Kier alpha value is 0.730. The van der Waals surface area contributed by atoms with E-state index in [0.717, 1.165) is 21.2 Å². The van der Waals surface area contributed by atoms with E-state index in [4.69, 9.17) is 0 Å². The van der Waals surface area contributed by atoms with Crippen LogP contribution in [0.1, 0.15) is 33.1 Å². The van der Waals surface area contributed by atoms with Gasteiger partial charge in [0.2, 0.25) is 0 Å². The normalized spacial score (nSPS) is 58.5. The van der Waals surface area contributed by atoms with Crippen molar-refractivity contribution in [2.24, 2.45) is 17.3 Å². The van der Waals surface area contributed by atoms with Crippen LogP contribution in [0.25, 0.3) is 0 Å². The van der Waals surface area contributed by atoms with E-state index in [-0.39, 0.29) is 0 Å². The van der Waals surface area contributed by atoms with Crippen molar-refractivity contribution in [3.05, 3.63) is 0 Å². The summed E-state index contributed by atoms with van der Waals surface area (Å²) in [5, 5.41) is 0. The monoisotopic (exact) mass is 250 g/mol. The molecule has 10 heavy (non-hydrogen) atoms. The molecule has 0 heterocycles. The summed E-state index contributed by atoms with van der Waals surface area (Å²) in [4.78, 5) is 0. The van der Waals surface area contributed by atoms with E-state index in [0.29, 0.717) is 0 Å². The topological polar surface area (TPSA) is 0 Å². The fourth-order valence-electron chi connectivity index (χ4n) is 3.20. The van der Waals surface area contributed by atoms with Crippen LogP contribution >= 0.6 is 22.6 Å². The van der Waals surface area contributed by atoms with E-state index in [9.17, 15) is 0 Å². The van der Waals surface area contributed by atoms with E-state index < -0.39 is 0 Å². The number of hydrogen-bond acceptors (Lipinski definition) is 0. The first-order chi connectivity index (χ1) is 4.67. The second-order valence-electron chi connectivity index (χ2n) is 4.26. The lowest BCUT2D eigenvalue weighted by molar-refractivity contribution is 0.0485. The maximum absolute atomic E-state index is 2.65. The average molecular weight is 250 g/mol. The SMILES string of the molecule is CCC1C2CC1(C)CC2I. The van der Waals surface area contributed by atoms with Crippen molar-refractivity contribution in [3.8, 4) is 0 Å². The molecular formula is C9H15I. The molecular weight excluding hydrogens is 235 g/mol. The van der Waals surface area contributed by atoms with Crippen LogP contribution in [0, 0.1) is 17.3 Å². The van der Waals surface area contributed by atoms with E-state index in [1.807, 2.05) is 0 Å². The molecule has 0 aliphatic heterocycles. The van der Waals surface area contributed by atoms with Gasteiger partial charge in [0.1, 0.15) is 0 Å². The minimum absolute atomic E-state index is 0.769. The molecule has 0 spiro atoms. The lowest BCUT2D eigenvalue weighted by Gasteiger charge is -2.45. The molecule has 0 saturated heterocycles. The van der Waals surface area contributed by atoms with Gasteiger partial charge < -0.3 is 0 Å². The van der Waals surface area contributed by atoms with E-state index in [1.54, 1.807) is 0 Å². The molecule has 3 rings (SSSR count). The largest absolute Gasteiger partial charge is 0.0823 e. The van der Waals surface area contributed by atoms with Crippen molar-refractivity contribution in [2.75, 3.05) is 0 Å². The molecule has 3 aliphatic carbocycles. The third-order valence-corrected chi connectivity index (χ3v) is 5.04. The summed E-state index contributed by atoms with van der Waals surface area (Å²) in [6.07, 6.45) is 4.44. The van der Waals surface area contributed by atoms with Gasteiger partial charge in [0, 0.05) is 3.92 Å². The average Bonchev–Trinajstić information content (AvgIpc) is 2.20. The predicted molar refractivity (Wildman–Crippen MR) is 52.4 cm³/mol. The highest BCUT2D eigenvalue weighted by molar-refractivity contribution is 14.1. The lowest BCUT2D eigenvalue weighted by atomic mass is 9.60. The molecule has 4 atom stereocenters. The second kappa shape index (κ2) is 2.11. The molecule has 0 N–H and O–H groups in total. The van der Waals surface area contributed by atoms with Crippen LogP contribution in [-0.2, 0) is 0 Å². The van der Waals surface area contributed by atoms with Crippen LogP contribution in [0.2, 0.25) is 0 Å². The first-order valence-electron chi connectivity index (χ1n) is 4.31. The molecule has 0 aromatic heterocycles. The Bertz CT molecular complexity index is 155. The van der Waals surface area contributed by atoms with Crippen LogP contribution < -0.4 is 0 Å². The highest BCUT2D eigenvalue weighted by Gasteiger charge is 2.58. The third kappa shape index (κ3) is 0.730. The van der Waals surface area contributed by atoms with Gasteiger partial charge in [-0.3, -0.25) is 0 Å². The Morgan fingerprint density at radius 2 is 2.20 bits per heavy atom. The summed E-state index contributed by atoms with van der Waals surface area (Å²) in [5.74, 6) is 2.17. The van der Waals surface area contributed by atoms with Crippen molar-refractivity contribution >= 4 is 22.6 Å². The van der Waals surface area contributed by atoms with Crippen molar-refractivity contribution in [3.63, 3.8) is 0 Å². The number of fused-ring (bicyclic) bond motifs is 1. The standard InChI is InChI=1S/C9H15I/c1-3-7-6-4-9(7,2)5-8(6)10/h6-8H,3-5H2,1-2H3. The number of halogens is 1. The summed E-state index contributed by atoms with van der Waals surface area (Å²) in [6.45, 7) is 4.83. The predicted octanol–water partition coefficient (Wildman–Crippen LogP) is 3.25. The summed E-state index contributed by atoms with van der Waals surface area (Å²) in [5.41, 5.74) is 0.769. The molecule has 3 saturated carbocycles. The zero-order valence-corrected chi connectivity index (χ0v) is 8.89. The Balaban J connectivity index is 2.15. The minimum Gasteiger partial charge on any atom is -0.0823 e. The van der Waals surface area contributed by atoms with E-state index in [1.165, 1.54) is 19.3 Å². The Kier molecular flexibility index (Phi) is 1.56. The summed E-state index contributed by atoms with van der Waals surface area (Å²) in [7, 11) is 0. The van der Waals surface area contributed by atoms with Gasteiger partial charge in [-0.2, -0.15) is 0 Å². The molecule has 58 valence electrons. The Labute approximate surface area is 76.9 Å². The van der Waals surface area contributed by atoms with Gasteiger partial charge in [-0.05, 0) is 30.1 Å². The summed E-state index contributed by atoms with van der Waals surface area (Å²) in [6, 6.07) is 0. The third-order valence-electron chi connectivity index (χ3n) is 3.68. The van der Waals surface area contributed by atoms with E-state index in [2.05, 4.69) is 36.4 Å². The van der Waals surface area contributed by atoms with Gasteiger partial charge >= 0.3 is 0 Å². The maximum Gasteiger partial charge on any atom is 0.0146 e. The van der Waals surface area contributed by atoms with Gasteiger partial charge in [0.15, 0.2) is 0 Å². The zero-order valence-electron chi connectivity index (χ0n) is 6.73. The summed E-state index contributed by atoms with van der Waals surface area (Å²) < 4.78 is 1.01. The number of alkyl halides is 1. The Morgan fingerprint density at radius 1 is 1.50 bits per heavy atom. The van der Waals surface area contributed by atoms with Crippen LogP contribution in [0.5, 0.6) is 0 Å². The van der Waals surface area contributed by atoms with Gasteiger partial charge in [0.05, 0.1) is 0 Å². The molecule has 0 amide bonds. The molecule has 3 fully saturated rings. The highest BCUT2D eigenvalue weighted by atomic mass is 127. The second-order valence-corrected chi connectivity index (χ2v) is 5.86. The molecule has 0 aromatic carbocycles. The fraction of sp³-hybridized carbons (Fsp3) is 1.00. The van der Waals surface area contributed by atoms with Crippen LogP contribution in [0.4, 0.5) is 0 Å². The molecule has 0 aromatic rings. The van der Waals surface area contributed by atoms with Crippen LogP contribution in [0.3, 0.4) is 0 Å². The first kappa shape index (κ1) is 7.38. The smallest absolute Gasteiger partial charge is 0.0146 e. The van der Waals surface area contributed by atoms with Crippen molar-refractivity contribution in [1.29, 1.82) is 0 Å². The zero-order chi connectivity index (χ0) is 7.35. The number of rotatable bonds is 1. The molecule has 4 unspecified atom stereocenters. The molecule has 1 heteroatoms. The van der Waals surface area contributed by atoms with Gasteiger partial charge in [-0.15, -0.1) is 0 Å². The maximum atomic E-state index is 2.65. The Morgan fingerprint density at radius 3 is 2.40 bits per heavy atom. The molecule has 3 aliphatic rings. The van der Waals surface area contributed by atoms with Gasteiger partial charge in [-0.1, -0.05) is 42.9 Å². The first-order valence-corrected chi connectivity index (χ1v) is 5.56. The van der Waals surface area contributed by atoms with E-state index >= 15 is 0 Å². The van der Waals surface area contributed by atoms with Crippen LogP contribution in [0.15, 0.2) is 0 Å². The van der Waals surface area contributed by atoms with Crippen LogP contribution in [-0.4, -0.2) is 3.92 Å².